The summed E-state index contributed by atoms with van der Waals surface area (Å²) in [5.41, 5.74) is 0. The molecule has 0 saturated heterocycles. The molecule has 102 valence electrons. The zero-order chi connectivity index (χ0) is 13.8. The van der Waals surface area contributed by atoms with Crippen molar-refractivity contribution in [3.63, 3.8) is 0 Å². The van der Waals surface area contributed by atoms with Crippen LogP contribution < -0.4 is 5.32 Å². The standard InChI is InChI=1S/C13H16N2O2S2/c1-9(2)13(11-4-3-7-18-11)14-8-10-5-6-12(19-10)15(16)17/h3-7,9,13-14H,8H2,1-2H3. The van der Waals surface area contributed by atoms with Gasteiger partial charge in [-0.25, -0.2) is 0 Å². The molecule has 19 heavy (non-hydrogen) atoms. The molecule has 2 heterocycles. The molecule has 0 aromatic carbocycles. The highest BCUT2D eigenvalue weighted by molar-refractivity contribution is 7.15. The maximum absolute atomic E-state index is 10.6. The van der Waals surface area contributed by atoms with Crippen LogP contribution in [-0.4, -0.2) is 4.92 Å². The van der Waals surface area contributed by atoms with E-state index in [1.165, 1.54) is 16.2 Å². The lowest BCUT2D eigenvalue weighted by atomic mass is 10.0. The van der Waals surface area contributed by atoms with E-state index >= 15 is 0 Å². The number of nitrogens with zero attached hydrogens (tertiary/aromatic N) is 1. The highest BCUT2D eigenvalue weighted by Crippen LogP contribution is 2.28. The van der Waals surface area contributed by atoms with Gasteiger partial charge in [-0.1, -0.05) is 31.3 Å². The van der Waals surface area contributed by atoms with Gasteiger partial charge in [0.15, 0.2) is 0 Å². The van der Waals surface area contributed by atoms with Crippen molar-refractivity contribution in [1.82, 2.24) is 5.32 Å². The zero-order valence-corrected chi connectivity index (χ0v) is 12.5. The molecule has 1 N–H and O–H groups in total. The van der Waals surface area contributed by atoms with E-state index in [1.807, 2.05) is 12.1 Å². The van der Waals surface area contributed by atoms with Gasteiger partial charge in [-0.15, -0.1) is 11.3 Å². The third-order valence-electron chi connectivity index (χ3n) is 2.84. The molecule has 0 fully saturated rings. The van der Waals surface area contributed by atoms with Crippen molar-refractivity contribution in [2.75, 3.05) is 0 Å². The first kappa shape index (κ1) is 14.2. The second kappa shape index (κ2) is 6.27. The number of hydrogen-bond acceptors (Lipinski definition) is 5. The van der Waals surface area contributed by atoms with Crippen molar-refractivity contribution in [2.24, 2.45) is 5.92 Å². The predicted octanol–water partition coefficient (Wildman–Crippen LogP) is 4.20. The Hall–Kier alpha value is -1.24. The fourth-order valence-corrected chi connectivity index (χ4v) is 3.65. The van der Waals surface area contributed by atoms with Gasteiger partial charge < -0.3 is 5.32 Å². The minimum absolute atomic E-state index is 0.203. The number of nitrogens with one attached hydrogen (secondary N) is 1. The summed E-state index contributed by atoms with van der Waals surface area (Å²) < 4.78 is 0. The number of hydrogen-bond donors (Lipinski definition) is 1. The fraction of sp³-hybridized carbons (Fsp3) is 0.385. The van der Waals surface area contributed by atoms with Gasteiger partial charge in [0, 0.05) is 28.4 Å². The highest BCUT2D eigenvalue weighted by Gasteiger charge is 2.17. The summed E-state index contributed by atoms with van der Waals surface area (Å²) >= 11 is 2.97. The second-order valence-corrected chi connectivity index (χ2v) is 6.74. The van der Waals surface area contributed by atoms with Crippen molar-refractivity contribution < 1.29 is 4.92 Å². The summed E-state index contributed by atoms with van der Waals surface area (Å²) in [6.07, 6.45) is 0. The third kappa shape index (κ3) is 3.62. The van der Waals surface area contributed by atoms with Crippen LogP contribution in [0.1, 0.15) is 29.6 Å². The monoisotopic (exact) mass is 296 g/mol. The summed E-state index contributed by atoms with van der Waals surface area (Å²) in [6.45, 7) is 5.02. The average Bonchev–Trinajstić information content (AvgIpc) is 2.98. The first-order valence-corrected chi connectivity index (χ1v) is 7.77. The second-order valence-electron chi connectivity index (χ2n) is 4.62. The minimum Gasteiger partial charge on any atom is -0.304 e. The van der Waals surface area contributed by atoms with Crippen molar-refractivity contribution in [1.29, 1.82) is 0 Å². The smallest absolute Gasteiger partial charge is 0.304 e. The van der Waals surface area contributed by atoms with Crippen LogP contribution in [0.15, 0.2) is 29.6 Å². The molecule has 6 heteroatoms. The zero-order valence-electron chi connectivity index (χ0n) is 10.8. The van der Waals surface area contributed by atoms with E-state index in [1.54, 1.807) is 17.4 Å². The lowest BCUT2D eigenvalue weighted by Gasteiger charge is -2.20. The minimum atomic E-state index is -0.340. The van der Waals surface area contributed by atoms with Gasteiger partial charge in [-0.3, -0.25) is 10.1 Å². The van der Waals surface area contributed by atoms with Crippen LogP contribution in [0, 0.1) is 16.0 Å². The molecular formula is C13H16N2O2S2. The van der Waals surface area contributed by atoms with Crippen molar-refractivity contribution in [3.05, 3.63) is 49.5 Å². The van der Waals surface area contributed by atoms with Gasteiger partial charge in [-0.2, -0.15) is 0 Å². The van der Waals surface area contributed by atoms with Crippen LogP contribution in [0.4, 0.5) is 5.00 Å². The Morgan fingerprint density at radius 2 is 2.16 bits per heavy atom. The summed E-state index contributed by atoms with van der Waals surface area (Å²) in [5, 5.41) is 16.4. The molecule has 4 nitrogen and oxygen atoms in total. The molecule has 2 rings (SSSR count). The molecule has 0 radical (unpaired) electrons. The van der Waals surface area contributed by atoms with E-state index in [0.29, 0.717) is 18.5 Å². The van der Waals surface area contributed by atoms with Gasteiger partial charge in [-0.05, 0) is 23.4 Å². The van der Waals surface area contributed by atoms with Crippen LogP contribution in [0.3, 0.4) is 0 Å². The Balaban J connectivity index is 2.01. The Morgan fingerprint density at radius 1 is 1.37 bits per heavy atom. The van der Waals surface area contributed by atoms with Crippen molar-refractivity contribution >= 4 is 27.7 Å². The van der Waals surface area contributed by atoms with E-state index in [2.05, 4.69) is 30.6 Å². The SMILES string of the molecule is CC(C)C(NCc1ccc([N+](=O)[O-])s1)c1cccs1. The molecule has 0 bridgehead atoms. The predicted molar refractivity (Wildman–Crippen MR) is 79.7 cm³/mol. The summed E-state index contributed by atoms with van der Waals surface area (Å²) in [5.74, 6) is 0.480. The largest absolute Gasteiger partial charge is 0.324 e. The van der Waals surface area contributed by atoms with E-state index in [9.17, 15) is 10.1 Å². The van der Waals surface area contributed by atoms with Gasteiger partial charge in [0.25, 0.3) is 0 Å². The molecule has 0 aliphatic carbocycles. The molecule has 0 saturated carbocycles. The average molecular weight is 296 g/mol. The first-order valence-electron chi connectivity index (χ1n) is 6.08. The summed E-state index contributed by atoms with van der Waals surface area (Å²) in [6, 6.07) is 7.85. The van der Waals surface area contributed by atoms with E-state index in [-0.39, 0.29) is 9.92 Å². The van der Waals surface area contributed by atoms with Crippen LogP contribution in [0.5, 0.6) is 0 Å². The molecule has 0 aliphatic heterocycles. The summed E-state index contributed by atoms with van der Waals surface area (Å²) in [4.78, 5) is 12.6. The molecular weight excluding hydrogens is 280 g/mol. The normalized spacial score (nSPS) is 12.8. The Bertz CT molecular complexity index is 535. The number of thiophene rings is 2. The van der Waals surface area contributed by atoms with Gasteiger partial charge in [0.1, 0.15) is 0 Å². The third-order valence-corrected chi connectivity index (χ3v) is 4.83. The molecule has 0 spiro atoms. The van der Waals surface area contributed by atoms with Crippen LogP contribution >= 0.6 is 22.7 Å². The van der Waals surface area contributed by atoms with E-state index < -0.39 is 0 Å². The maximum Gasteiger partial charge on any atom is 0.324 e. The van der Waals surface area contributed by atoms with Crippen molar-refractivity contribution in [2.45, 2.75) is 26.4 Å². The van der Waals surface area contributed by atoms with Gasteiger partial charge in [0.05, 0.1) is 4.92 Å². The Morgan fingerprint density at radius 3 is 2.68 bits per heavy atom. The fourth-order valence-electron chi connectivity index (χ4n) is 1.90. The Kier molecular flexibility index (Phi) is 4.68. The number of nitro groups is 1. The lowest BCUT2D eigenvalue weighted by molar-refractivity contribution is -0.380. The molecule has 1 unspecified atom stereocenters. The van der Waals surface area contributed by atoms with Gasteiger partial charge in [0.2, 0.25) is 0 Å². The maximum atomic E-state index is 10.6. The van der Waals surface area contributed by atoms with E-state index in [0.717, 1.165) is 4.88 Å². The molecule has 0 aliphatic rings. The molecule has 2 aromatic heterocycles. The van der Waals surface area contributed by atoms with Crippen LogP contribution in [-0.2, 0) is 6.54 Å². The van der Waals surface area contributed by atoms with Crippen molar-refractivity contribution in [3.8, 4) is 0 Å². The highest BCUT2D eigenvalue weighted by atomic mass is 32.1. The molecule has 0 amide bonds. The summed E-state index contributed by atoms with van der Waals surface area (Å²) in [7, 11) is 0. The number of rotatable bonds is 6. The van der Waals surface area contributed by atoms with E-state index in [4.69, 9.17) is 0 Å². The van der Waals surface area contributed by atoms with Crippen LogP contribution in [0.25, 0.3) is 0 Å². The lowest BCUT2D eigenvalue weighted by Crippen LogP contribution is -2.24. The Labute approximate surface area is 120 Å². The molecule has 2 aromatic rings. The van der Waals surface area contributed by atoms with Gasteiger partial charge >= 0.3 is 5.00 Å². The first-order chi connectivity index (χ1) is 9.08. The topological polar surface area (TPSA) is 55.2 Å². The van der Waals surface area contributed by atoms with Crippen LogP contribution in [0.2, 0.25) is 0 Å². The quantitative estimate of drug-likeness (QED) is 0.642. The molecule has 1 atom stereocenters.